The lowest BCUT2D eigenvalue weighted by atomic mass is 10.1. The molecule has 0 bridgehead atoms. The molecule has 9 nitrogen and oxygen atoms in total. The lowest BCUT2D eigenvalue weighted by Crippen LogP contribution is -2.20. The lowest BCUT2D eigenvalue weighted by Gasteiger charge is -2.12. The van der Waals surface area contributed by atoms with Gasteiger partial charge in [0.15, 0.2) is 0 Å². The SMILES string of the molecule is CN(C)CCNc1cc(F)cc(-c2nccc3[nH]c(-c4n[nH]c5ccc(-c6cncc(OCc7ccccc7)c6)nc45)cc23)c1. The van der Waals surface area contributed by atoms with Gasteiger partial charge in [-0.3, -0.25) is 15.1 Å². The Morgan fingerprint density at radius 1 is 0.889 bits per heavy atom. The van der Waals surface area contributed by atoms with Gasteiger partial charge in [0.25, 0.3) is 0 Å². The molecular weight excluding hydrogens is 567 g/mol. The molecule has 3 N–H and O–H groups in total. The van der Waals surface area contributed by atoms with Gasteiger partial charge < -0.3 is 19.9 Å². The Kier molecular flexibility index (Phi) is 7.62. The number of ether oxygens (including phenoxy) is 1. The van der Waals surface area contributed by atoms with E-state index in [4.69, 9.17) is 9.72 Å². The van der Waals surface area contributed by atoms with Gasteiger partial charge in [0, 0.05) is 53.2 Å². The van der Waals surface area contributed by atoms with E-state index in [0.717, 1.165) is 45.5 Å². The number of pyridine rings is 3. The van der Waals surface area contributed by atoms with Gasteiger partial charge in [-0.25, -0.2) is 9.37 Å². The maximum absolute atomic E-state index is 14.7. The molecule has 0 fully saturated rings. The number of benzene rings is 2. The summed E-state index contributed by atoms with van der Waals surface area (Å²) in [6.45, 7) is 1.98. The molecule has 224 valence electrons. The van der Waals surface area contributed by atoms with Crippen molar-refractivity contribution < 1.29 is 9.13 Å². The zero-order valence-corrected chi connectivity index (χ0v) is 24.9. The lowest BCUT2D eigenvalue weighted by molar-refractivity contribution is 0.305. The number of fused-ring (bicyclic) bond motifs is 2. The third-order valence-corrected chi connectivity index (χ3v) is 7.53. The summed E-state index contributed by atoms with van der Waals surface area (Å²) < 4.78 is 20.7. The maximum Gasteiger partial charge on any atom is 0.138 e. The Morgan fingerprint density at radius 3 is 2.64 bits per heavy atom. The summed E-state index contributed by atoms with van der Waals surface area (Å²) in [5.41, 5.74) is 8.55. The molecule has 0 amide bonds. The molecule has 0 aliphatic carbocycles. The molecule has 0 atom stereocenters. The second-order valence-electron chi connectivity index (χ2n) is 11.1. The van der Waals surface area contributed by atoms with Gasteiger partial charge in [-0.1, -0.05) is 30.3 Å². The van der Waals surface area contributed by atoms with E-state index in [1.807, 2.05) is 80.8 Å². The zero-order chi connectivity index (χ0) is 30.8. The van der Waals surface area contributed by atoms with Crippen molar-refractivity contribution in [2.75, 3.05) is 32.5 Å². The fraction of sp³-hybridized carbons (Fsp3) is 0.143. The molecule has 7 rings (SSSR count). The number of rotatable bonds is 10. The van der Waals surface area contributed by atoms with Crippen molar-refractivity contribution >= 4 is 27.6 Å². The van der Waals surface area contributed by atoms with Crippen molar-refractivity contribution in [2.24, 2.45) is 0 Å². The average Bonchev–Trinajstić information content (AvgIpc) is 3.68. The average molecular weight is 599 g/mol. The molecular formula is C35H31FN8O. The van der Waals surface area contributed by atoms with Crippen molar-refractivity contribution in [2.45, 2.75) is 6.61 Å². The summed E-state index contributed by atoms with van der Waals surface area (Å²) in [7, 11) is 4.01. The number of nitrogens with zero attached hydrogens (tertiary/aromatic N) is 5. The maximum atomic E-state index is 14.7. The van der Waals surface area contributed by atoms with Crippen LogP contribution in [0.4, 0.5) is 10.1 Å². The first-order valence-corrected chi connectivity index (χ1v) is 14.6. The van der Waals surface area contributed by atoms with E-state index < -0.39 is 0 Å². The van der Waals surface area contributed by atoms with Gasteiger partial charge in [0.2, 0.25) is 0 Å². The number of nitrogens with one attached hydrogen (secondary N) is 3. The smallest absolute Gasteiger partial charge is 0.138 e. The van der Waals surface area contributed by atoms with E-state index in [0.29, 0.717) is 47.1 Å². The number of aromatic amines is 2. The summed E-state index contributed by atoms with van der Waals surface area (Å²) >= 11 is 0. The van der Waals surface area contributed by atoms with Crippen LogP contribution in [-0.4, -0.2) is 62.2 Å². The number of likely N-dealkylation sites (N-methyl/N-ethyl adjacent to an activating group) is 1. The zero-order valence-electron chi connectivity index (χ0n) is 24.9. The molecule has 5 heterocycles. The molecule has 10 heteroatoms. The second-order valence-corrected chi connectivity index (χ2v) is 11.1. The second kappa shape index (κ2) is 12.2. The fourth-order valence-corrected chi connectivity index (χ4v) is 5.29. The summed E-state index contributed by atoms with van der Waals surface area (Å²) in [4.78, 5) is 19.5. The van der Waals surface area contributed by atoms with Crippen LogP contribution in [0.3, 0.4) is 0 Å². The van der Waals surface area contributed by atoms with Crippen molar-refractivity contribution in [3.8, 4) is 39.7 Å². The highest BCUT2D eigenvalue weighted by Crippen LogP contribution is 2.34. The highest BCUT2D eigenvalue weighted by Gasteiger charge is 2.17. The Bertz CT molecular complexity index is 2100. The van der Waals surface area contributed by atoms with Crippen LogP contribution in [0.25, 0.3) is 55.8 Å². The van der Waals surface area contributed by atoms with Crippen LogP contribution in [-0.2, 0) is 6.61 Å². The number of hydrogen-bond acceptors (Lipinski definition) is 7. The quantitative estimate of drug-likeness (QED) is 0.157. The summed E-state index contributed by atoms with van der Waals surface area (Å²) in [6, 6.07) is 24.7. The molecule has 0 saturated heterocycles. The van der Waals surface area contributed by atoms with E-state index >= 15 is 0 Å². The third kappa shape index (κ3) is 6.09. The van der Waals surface area contributed by atoms with Crippen LogP contribution in [0, 0.1) is 5.82 Å². The minimum Gasteiger partial charge on any atom is -0.487 e. The molecule has 0 aliphatic rings. The Balaban J connectivity index is 1.20. The van der Waals surface area contributed by atoms with Crippen molar-refractivity contribution in [3.05, 3.63) is 109 Å². The topological polar surface area (TPSA) is 108 Å². The standard InChI is InChI=1S/C35H31FN8O/c1-44(2)13-12-38-26-15-23(14-25(36)17-26)33-28-18-32(40-30(28)10-11-39-33)35-34-31(42-43-35)9-8-29(41-34)24-16-27(20-37-19-24)45-21-22-6-4-3-5-7-22/h3-11,14-20,38,40H,12-13,21H2,1-2H3,(H,42,43). The van der Waals surface area contributed by atoms with Crippen LogP contribution >= 0.6 is 0 Å². The Labute approximate surface area is 259 Å². The van der Waals surface area contributed by atoms with Gasteiger partial charge in [0.05, 0.1) is 28.8 Å². The predicted molar refractivity (Wildman–Crippen MR) is 175 cm³/mol. The van der Waals surface area contributed by atoms with E-state index in [9.17, 15) is 4.39 Å². The van der Waals surface area contributed by atoms with Crippen molar-refractivity contribution in [1.82, 2.24) is 35.0 Å². The first kappa shape index (κ1) is 28.2. The first-order valence-electron chi connectivity index (χ1n) is 14.6. The van der Waals surface area contributed by atoms with Crippen LogP contribution in [0.2, 0.25) is 0 Å². The highest BCUT2D eigenvalue weighted by atomic mass is 19.1. The number of anilines is 1. The van der Waals surface area contributed by atoms with Gasteiger partial charge in [-0.15, -0.1) is 0 Å². The van der Waals surface area contributed by atoms with Crippen molar-refractivity contribution in [1.29, 1.82) is 0 Å². The van der Waals surface area contributed by atoms with Crippen LogP contribution in [0.1, 0.15) is 5.56 Å². The number of aromatic nitrogens is 6. The van der Waals surface area contributed by atoms with Crippen molar-refractivity contribution in [3.63, 3.8) is 0 Å². The molecule has 7 aromatic rings. The first-order chi connectivity index (χ1) is 22.0. The number of H-pyrrole nitrogens is 2. The minimum absolute atomic E-state index is 0.325. The third-order valence-electron chi connectivity index (χ3n) is 7.53. The van der Waals surface area contributed by atoms with Crippen LogP contribution in [0.15, 0.2) is 97.5 Å². The highest BCUT2D eigenvalue weighted by molar-refractivity contribution is 5.99. The van der Waals surface area contributed by atoms with E-state index in [2.05, 4.69) is 35.4 Å². The molecule has 45 heavy (non-hydrogen) atoms. The summed E-state index contributed by atoms with van der Waals surface area (Å²) in [6.07, 6.45) is 5.19. The number of hydrogen-bond donors (Lipinski definition) is 3. The Morgan fingerprint density at radius 2 is 1.78 bits per heavy atom. The van der Waals surface area contributed by atoms with E-state index in [1.165, 1.54) is 12.1 Å². The van der Waals surface area contributed by atoms with Crippen LogP contribution < -0.4 is 10.1 Å². The van der Waals surface area contributed by atoms with Gasteiger partial charge in [-0.05, 0) is 68.2 Å². The van der Waals surface area contributed by atoms with E-state index in [1.54, 1.807) is 18.6 Å². The normalized spacial score (nSPS) is 11.5. The monoisotopic (exact) mass is 598 g/mol. The van der Waals surface area contributed by atoms with Gasteiger partial charge >= 0.3 is 0 Å². The fourth-order valence-electron chi connectivity index (χ4n) is 5.29. The minimum atomic E-state index is -0.325. The molecule has 0 aliphatic heterocycles. The van der Waals surface area contributed by atoms with Gasteiger partial charge in [0.1, 0.15) is 29.4 Å². The molecule has 0 spiro atoms. The molecule has 5 aromatic heterocycles. The van der Waals surface area contributed by atoms with E-state index in [-0.39, 0.29) is 5.82 Å². The van der Waals surface area contributed by atoms with Crippen LogP contribution in [0.5, 0.6) is 5.75 Å². The largest absolute Gasteiger partial charge is 0.487 e. The molecule has 2 aromatic carbocycles. The molecule has 0 saturated carbocycles. The van der Waals surface area contributed by atoms with Gasteiger partial charge in [-0.2, -0.15) is 5.10 Å². The predicted octanol–water partition coefficient (Wildman–Crippen LogP) is 6.92. The summed E-state index contributed by atoms with van der Waals surface area (Å²) in [5.74, 6) is 0.336. The summed E-state index contributed by atoms with van der Waals surface area (Å²) in [5, 5.41) is 11.9. The molecule has 0 unspecified atom stereocenters. The Hall–Kier alpha value is -5.61. The molecule has 0 radical (unpaired) electrons. The number of halogens is 1.